The fourth-order valence-corrected chi connectivity index (χ4v) is 4.69. The lowest BCUT2D eigenvalue weighted by molar-refractivity contribution is 0.0561. The number of aliphatic hydroxyl groups is 1. The normalized spacial score (nSPS) is 25.3. The van der Waals surface area contributed by atoms with Gasteiger partial charge >= 0.3 is 0 Å². The number of aromatic nitrogens is 2. The van der Waals surface area contributed by atoms with Crippen LogP contribution in [0, 0.1) is 5.92 Å². The van der Waals surface area contributed by atoms with Gasteiger partial charge in [-0.05, 0) is 30.7 Å². The molecular formula is C23H33N5O. The van der Waals surface area contributed by atoms with Crippen LogP contribution in [0.5, 0.6) is 0 Å². The Labute approximate surface area is 174 Å². The van der Waals surface area contributed by atoms with Crippen LogP contribution >= 0.6 is 0 Å². The molecule has 1 aromatic heterocycles. The van der Waals surface area contributed by atoms with E-state index in [0.29, 0.717) is 19.0 Å². The van der Waals surface area contributed by atoms with Crippen molar-refractivity contribution in [2.75, 3.05) is 49.6 Å². The number of likely N-dealkylation sites (N-methyl/N-ethyl adjacent to an activating group) is 1. The second-order valence-corrected chi connectivity index (χ2v) is 8.95. The molecule has 0 spiro atoms. The van der Waals surface area contributed by atoms with Crippen molar-refractivity contribution in [2.24, 2.45) is 5.92 Å². The molecule has 4 rings (SSSR count). The fraction of sp³-hybridized carbons (Fsp3) is 0.565. The summed E-state index contributed by atoms with van der Waals surface area (Å²) < 4.78 is 0. The fourth-order valence-electron chi connectivity index (χ4n) is 4.69. The zero-order chi connectivity index (χ0) is 20.3. The van der Waals surface area contributed by atoms with Crippen LogP contribution < -0.4 is 9.80 Å². The minimum absolute atomic E-state index is 0.575. The number of anilines is 2. The van der Waals surface area contributed by atoms with Crippen LogP contribution in [0.4, 0.5) is 11.6 Å². The zero-order valence-electron chi connectivity index (χ0n) is 17.7. The van der Waals surface area contributed by atoms with Crippen LogP contribution in [0.3, 0.4) is 0 Å². The van der Waals surface area contributed by atoms with E-state index in [9.17, 15) is 5.11 Å². The highest BCUT2D eigenvalue weighted by Crippen LogP contribution is 2.27. The molecule has 1 N–H and O–H groups in total. The molecule has 0 amide bonds. The van der Waals surface area contributed by atoms with Crippen LogP contribution in [-0.2, 0) is 6.54 Å². The summed E-state index contributed by atoms with van der Waals surface area (Å²) in [5.74, 6) is 2.58. The molecule has 2 aliphatic heterocycles. The molecule has 2 unspecified atom stereocenters. The first kappa shape index (κ1) is 20.1. The first-order chi connectivity index (χ1) is 14.0. The summed E-state index contributed by atoms with van der Waals surface area (Å²) in [6, 6.07) is 12.5. The monoisotopic (exact) mass is 395 g/mol. The Kier molecular flexibility index (Phi) is 6.01. The molecule has 29 heavy (non-hydrogen) atoms. The van der Waals surface area contributed by atoms with Crippen molar-refractivity contribution in [1.82, 2.24) is 14.9 Å². The Bertz CT molecular complexity index is 801. The molecule has 1 aromatic carbocycles. The van der Waals surface area contributed by atoms with E-state index < -0.39 is 5.60 Å². The maximum absolute atomic E-state index is 11.2. The van der Waals surface area contributed by atoms with Crippen molar-refractivity contribution in [3.63, 3.8) is 0 Å². The topological polar surface area (TPSA) is 55.7 Å². The van der Waals surface area contributed by atoms with Crippen molar-refractivity contribution < 1.29 is 5.11 Å². The number of nitrogens with zero attached hydrogens (tertiary/aromatic N) is 5. The highest BCUT2D eigenvalue weighted by Gasteiger charge is 2.37. The number of benzene rings is 1. The van der Waals surface area contributed by atoms with Crippen molar-refractivity contribution in [3.05, 3.63) is 48.3 Å². The van der Waals surface area contributed by atoms with Gasteiger partial charge in [-0.2, -0.15) is 0 Å². The first-order valence-corrected chi connectivity index (χ1v) is 10.8. The lowest BCUT2D eigenvalue weighted by Gasteiger charge is -2.33. The van der Waals surface area contributed by atoms with E-state index in [4.69, 9.17) is 0 Å². The van der Waals surface area contributed by atoms with Crippen molar-refractivity contribution in [3.8, 4) is 0 Å². The Morgan fingerprint density at radius 3 is 2.83 bits per heavy atom. The molecule has 3 heterocycles. The molecule has 156 valence electrons. The molecule has 2 aromatic rings. The second-order valence-electron chi connectivity index (χ2n) is 8.95. The van der Waals surface area contributed by atoms with Gasteiger partial charge < -0.3 is 14.9 Å². The number of piperidine rings is 1. The molecule has 6 heteroatoms. The summed E-state index contributed by atoms with van der Waals surface area (Å²) in [4.78, 5) is 15.8. The van der Waals surface area contributed by atoms with Gasteiger partial charge in [-0.15, -0.1) is 0 Å². The highest BCUT2D eigenvalue weighted by molar-refractivity contribution is 5.50. The van der Waals surface area contributed by atoms with E-state index >= 15 is 0 Å². The van der Waals surface area contributed by atoms with Gasteiger partial charge in [0.2, 0.25) is 0 Å². The van der Waals surface area contributed by atoms with Crippen LogP contribution in [0.25, 0.3) is 0 Å². The summed E-state index contributed by atoms with van der Waals surface area (Å²) in [5.41, 5.74) is 0.579. The summed E-state index contributed by atoms with van der Waals surface area (Å²) in [6.45, 7) is 7.48. The molecule has 0 bridgehead atoms. The molecule has 2 saturated heterocycles. The predicted octanol–water partition coefficient (Wildman–Crippen LogP) is 2.79. The van der Waals surface area contributed by atoms with Crippen LogP contribution in [0.2, 0.25) is 0 Å². The Morgan fingerprint density at radius 2 is 2.03 bits per heavy atom. The standard InChI is InChI=1S/C23H33N5O/c1-19-7-6-11-28(14-19)22-13-21(24-18-25-22)26(2)16-23(29)10-12-27(17-23)15-20-8-4-3-5-9-20/h3-5,8-9,13,18-19,29H,6-7,10-12,14-17H2,1-2H3. The van der Waals surface area contributed by atoms with E-state index in [2.05, 4.69) is 61.9 Å². The lowest BCUT2D eigenvalue weighted by Crippen LogP contribution is -2.44. The van der Waals surface area contributed by atoms with Gasteiger partial charge in [0, 0.05) is 52.4 Å². The lowest BCUT2D eigenvalue weighted by atomic mass is 10.0. The van der Waals surface area contributed by atoms with Gasteiger partial charge in [-0.3, -0.25) is 4.90 Å². The minimum atomic E-state index is -0.714. The van der Waals surface area contributed by atoms with E-state index in [-0.39, 0.29) is 0 Å². The predicted molar refractivity (Wildman–Crippen MR) is 117 cm³/mol. The average Bonchev–Trinajstić information content (AvgIpc) is 3.09. The Balaban J connectivity index is 1.37. The molecule has 2 fully saturated rings. The van der Waals surface area contributed by atoms with Gasteiger partial charge in [0.05, 0.1) is 5.60 Å². The third-order valence-electron chi connectivity index (χ3n) is 6.20. The zero-order valence-corrected chi connectivity index (χ0v) is 17.7. The quantitative estimate of drug-likeness (QED) is 0.812. The average molecular weight is 396 g/mol. The first-order valence-electron chi connectivity index (χ1n) is 10.8. The van der Waals surface area contributed by atoms with Gasteiger partial charge in [0.15, 0.2) is 0 Å². The SMILES string of the molecule is CC1CCCN(c2cc(N(C)CC3(O)CCN(Cc4ccccc4)C3)ncn2)C1. The van der Waals surface area contributed by atoms with Gasteiger partial charge in [0.25, 0.3) is 0 Å². The summed E-state index contributed by atoms with van der Waals surface area (Å²) in [6.07, 6.45) is 4.95. The third kappa shape index (κ3) is 5.06. The second kappa shape index (κ2) is 8.67. The van der Waals surface area contributed by atoms with E-state index in [1.807, 2.05) is 13.1 Å². The molecule has 0 radical (unpaired) electrons. The maximum Gasteiger partial charge on any atom is 0.134 e. The number of β-amino-alcohol motifs (C(OH)–C–C–N with tert-alkyl or cyclic N) is 1. The molecular weight excluding hydrogens is 362 g/mol. The maximum atomic E-state index is 11.2. The number of hydrogen-bond donors (Lipinski definition) is 1. The molecule has 0 saturated carbocycles. The smallest absolute Gasteiger partial charge is 0.134 e. The number of hydrogen-bond acceptors (Lipinski definition) is 6. The van der Waals surface area contributed by atoms with Crippen molar-refractivity contribution in [2.45, 2.75) is 38.3 Å². The summed E-state index contributed by atoms with van der Waals surface area (Å²) >= 11 is 0. The third-order valence-corrected chi connectivity index (χ3v) is 6.20. The molecule has 2 aliphatic rings. The Morgan fingerprint density at radius 1 is 1.21 bits per heavy atom. The van der Waals surface area contributed by atoms with Crippen LogP contribution in [0.1, 0.15) is 31.7 Å². The molecule has 6 nitrogen and oxygen atoms in total. The molecule has 2 atom stereocenters. The number of rotatable bonds is 6. The molecule has 0 aliphatic carbocycles. The van der Waals surface area contributed by atoms with E-state index in [1.165, 1.54) is 18.4 Å². The number of likely N-dealkylation sites (tertiary alicyclic amines) is 1. The van der Waals surface area contributed by atoms with E-state index in [0.717, 1.165) is 44.2 Å². The largest absolute Gasteiger partial charge is 0.387 e. The van der Waals surface area contributed by atoms with Crippen molar-refractivity contribution in [1.29, 1.82) is 0 Å². The van der Waals surface area contributed by atoms with Crippen LogP contribution in [-0.4, -0.2) is 65.3 Å². The Hall–Kier alpha value is -2.18. The van der Waals surface area contributed by atoms with E-state index in [1.54, 1.807) is 6.33 Å². The summed E-state index contributed by atoms with van der Waals surface area (Å²) in [5, 5.41) is 11.2. The van der Waals surface area contributed by atoms with Gasteiger partial charge in [0.1, 0.15) is 18.0 Å². The highest BCUT2D eigenvalue weighted by atomic mass is 16.3. The van der Waals surface area contributed by atoms with Crippen molar-refractivity contribution >= 4 is 11.6 Å². The minimum Gasteiger partial charge on any atom is -0.387 e. The van der Waals surface area contributed by atoms with Gasteiger partial charge in [-0.1, -0.05) is 37.3 Å². The van der Waals surface area contributed by atoms with Crippen LogP contribution in [0.15, 0.2) is 42.7 Å². The summed E-state index contributed by atoms with van der Waals surface area (Å²) in [7, 11) is 2.02. The van der Waals surface area contributed by atoms with Gasteiger partial charge in [-0.25, -0.2) is 9.97 Å².